The van der Waals surface area contributed by atoms with Gasteiger partial charge in [0.15, 0.2) is 0 Å². The number of thiophene rings is 1. The van der Waals surface area contributed by atoms with Crippen molar-refractivity contribution in [2.24, 2.45) is 0 Å². The summed E-state index contributed by atoms with van der Waals surface area (Å²) >= 11 is 13.3. The topological polar surface area (TPSA) is 93.4 Å². The third-order valence-corrected chi connectivity index (χ3v) is 8.02. The van der Waals surface area contributed by atoms with Crippen LogP contribution < -0.4 is 16.6 Å². The first kappa shape index (κ1) is 26.7. The molecule has 4 rings (SSSR count). The standard InChI is InChI=1S/C26H24Cl2N4O4S/c1-4-30(5-2)24(35)22-15(3)21-23(34)32(17-11-12-18(27)19(28)13-17)26(36)31(25(21)37-22)14-20(33)29-16-9-7-6-8-10-16/h6-13H,4-5,14H2,1-3H3,(H,29,33). The van der Waals surface area contributed by atoms with Gasteiger partial charge in [-0.15, -0.1) is 11.3 Å². The van der Waals surface area contributed by atoms with Crippen molar-refractivity contribution >= 4 is 62.3 Å². The smallest absolute Gasteiger partial charge is 0.337 e. The third-order valence-electron chi connectivity index (χ3n) is 5.98. The first-order chi connectivity index (χ1) is 17.7. The monoisotopic (exact) mass is 558 g/mol. The Morgan fingerprint density at radius 3 is 2.30 bits per heavy atom. The van der Waals surface area contributed by atoms with Gasteiger partial charge in [0.2, 0.25) is 5.91 Å². The van der Waals surface area contributed by atoms with E-state index in [2.05, 4.69) is 5.32 Å². The molecule has 8 nitrogen and oxygen atoms in total. The predicted octanol–water partition coefficient (Wildman–Crippen LogP) is 4.95. The molecular weight excluding hydrogens is 535 g/mol. The van der Waals surface area contributed by atoms with Crippen molar-refractivity contribution < 1.29 is 9.59 Å². The lowest BCUT2D eigenvalue weighted by Gasteiger charge is -2.17. The van der Waals surface area contributed by atoms with E-state index in [1.165, 1.54) is 22.8 Å². The van der Waals surface area contributed by atoms with Crippen LogP contribution in [0.1, 0.15) is 29.1 Å². The first-order valence-electron chi connectivity index (χ1n) is 11.6. The number of anilines is 1. The minimum Gasteiger partial charge on any atom is -0.338 e. The van der Waals surface area contributed by atoms with E-state index in [9.17, 15) is 19.2 Å². The number of hydrogen-bond acceptors (Lipinski definition) is 5. The van der Waals surface area contributed by atoms with E-state index in [1.54, 1.807) is 36.1 Å². The normalized spacial score (nSPS) is 11.1. The van der Waals surface area contributed by atoms with E-state index in [1.807, 2.05) is 19.9 Å². The highest BCUT2D eigenvalue weighted by molar-refractivity contribution is 7.20. The minimum absolute atomic E-state index is 0.165. The number of benzene rings is 2. The molecule has 0 bridgehead atoms. The number of amides is 2. The highest BCUT2D eigenvalue weighted by Gasteiger charge is 2.26. The Kier molecular flexibility index (Phi) is 7.87. The zero-order valence-electron chi connectivity index (χ0n) is 20.4. The molecule has 0 unspecified atom stereocenters. The van der Waals surface area contributed by atoms with E-state index >= 15 is 0 Å². The van der Waals surface area contributed by atoms with Crippen LogP contribution in [-0.4, -0.2) is 38.9 Å². The number of carbonyl (C=O) groups excluding carboxylic acids is 2. The molecule has 0 saturated heterocycles. The van der Waals surface area contributed by atoms with E-state index in [-0.39, 0.29) is 38.4 Å². The lowest BCUT2D eigenvalue weighted by atomic mass is 10.2. The molecular formula is C26H24Cl2N4O4S. The Labute approximate surface area is 226 Å². The molecule has 1 N–H and O–H groups in total. The number of nitrogens with zero attached hydrogens (tertiary/aromatic N) is 3. The molecule has 0 atom stereocenters. The number of aryl methyl sites for hydroxylation is 1. The average Bonchev–Trinajstić information content (AvgIpc) is 3.22. The molecule has 0 aliphatic rings. The maximum absolute atomic E-state index is 13.7. The first-order valence-corrected chi connectivity index (χ1v) is 13.1. The second kappa shape index (κ2) is 10.9. The van der Waals surface area contributed by atoms with Crippen LogP contribution in [0.3, 0.4) is 0 Å². The van der Waals surface area contributed by atoms with Gasteiger partial charge in [-0.3, -0.25) is 19.0 Å². The summed E-state index contributed by atoms with van der Waals surface area (Å²) in [6.45, 7) is 6.02. The van der Waals surface area contributed by atoms with E-state index < -0.39 is 17.2 Å². The molecule has 0 aliphatic carbocycles. The van der Waals surface area contributed by atoms with Crippen LogP contribution in [0.25, 0.3) is 15.9 Å². The largest absolute Gasteiger partial charge is 0.338 e. The molecule has 0 fully saturated rings. The predicted molar refractivity (Wildman–Crippen MR) is 149 cm³/mol. The summed E-state index contributed by atoms with van der Waals surface area (Å²) in [6.07, 6.45) is 0. The second-order valence-corrected chi connectivity index (χ2v) is 10.0. The lowest BCUT2D eigenvalue weighted by Crippen LogP contribution is -2.40. The Morgan fingerprint density at radius 1 is 1.00 bits per heavy atom. The van der Waals surface area contributed by atoms with Crippen molar-refractivity contribution in [2.75, 3.05) is 18.4 Å². The number of hydrogen-bond donors (Lipinski definition) is 1. The molecule has 0 saturated carbocycles. The van der Waals surface area contributed by atoms with Crippen molar-refractivity contribution in [1.29, 1.82) is 0 Å². The molecule has 11 heteroatoms. The zero-order chi connectivity index (χ0) is 26.9. The maximum Gasteiger partial charge on any atom is 0.337 e. The highest BCUT2D eigenvalue weighted by Crippen LogP contribution is 2.30. The molecule has 192 valence electrons. The number of halogens is 2. The van der Waals surface area contributed by atoms with Crippen molar-refractivity contribution in [3.05, 3.63) is 89.9 Å². The highest BCUT2D eigenvalue weighted by atomic mass is 35.5. The lowest BCUT2D eigenvalue weighted by molar-refractivity contribution is -0.116. The fourth-order valence-electron chi connectivity index (χ4n) is 4.06. The molecule has 2 aromatic carbocycles. The van der Waals surface area contributed by atoms with Gasteiger partial charge in [0, 0.05) is 18.8 Å². The van der Waals surface area contributed by atoms with Gasteiger partial charge in [0.05, 0.1) is 26.0 Å². The molecule has 4 aromatic rings. The summed E-state index contributed by atoms with van der Waals surface area (Å²) in [5, 5.41) is 3.38. The number of fused-ring (bicyclic) bond motifs is 1. The van der Waals surface area contributed by atoms with Gasteiger partial charge in [-0.2, -0.15) is 0 Å². The summed E-state index contributed by atoms with van der Waals surface area (Å²) < 4.78 is 2.17. The molecule has 0 spiro atoms. The van der Waals surface area contributed by atoms with Crippen LogP contribution in [0.4, 0.5) is 5.69 Å². The van der Waals surface area contributed by atoms with Crippen LogP contribution in [0.2, 0.25) is 10.0 Å². The summed E-state index contributed by atoms with van der Waals surface area (Å²) in [7, 11) is 0. The van der Waals surface area contributed by atoms with E-state index in [4.69, 9.17) is 23.2 Å². The fraction of sp³-hybridized carbons (Fsp3) is 0.231. The van der Waals surface area contributed by atoms with Crippen molar-refractivity contribution in [2.45, 2.75) is 27.3 Å². The van der Waals surface area contributed by atoms with Crippen LogP contribution in [0.5, 0.6) is 0 Å². The van der Waals surface area contributed by atoms with Crippen LogP contribution >= 0.6 is 34.5 Å². The number of nitrogens with one attached hydrogen (secondary N) is 1. The molecule has 37 heavy (non-hydrogen) atoms. The SMILES string of the molecule is CCN(CC)C(=O)c1sc2c(c1C)c(=O)n(-c1ccc(Cl)c(Cl)c1)c(=O)n2CC(=O)Nc1ccccc1. The van der Waals surface area contributed by atoms with Gasteiger partial charge in [0.1, 0.15) is 11.4 Å². The Hall–Kier alpha value is -3.40. The third kappa shape index (κ3) is 5.07. The fourth-order valence-corrected chi connectivity index (χ4v) is 5.61. The second-order valence-electron chi connectivity index (χ2n) is 8.24. The van der Waals surface area contributed by atoms with Gasteiger partial charge in [0.25, 0.3) is 11.5 Å². The van der Waals surface area contributed by atoms with Gasteiger partial charge in [-0.05, 0) is 56.7 Å². The number of rotatable bonds is 7. The van der Waals surface area contributed by atoms with Crippen molar-refractivity contribution in [3.8, 4) is 5.69 Å². The van der Waals surface area contributed by atoms with Crippen LogP contribution in [0, 0.1) is 6.92 Å². The Bertz CT molecular complexity index is 1620. The molecule has 2 amide bonds. The summed E-state index contributed by atoms with van der Waals surface area (Å²) in [5.41, 5.74) is -0.124. The van der Waals surface area contributed by atoms with Crippen LogP contribution in [-0.2, 0) is 11.3 Å². The number of para-hydroxylation sites is 1. The van der Waals surface area contributed by atoms with Crippen molar-refractivity contribution in [3.63, 3.8) is 0 Å². The van der Waals surface area contributed by atoms with Gasteiger partial charge >= 0.3 is 5.69 Å². The molecule has 0 radical (unpaired) electrons. The molecule has 0 aliphatic heterocycles. The Balaban J connectivity index is 1.96. The molecule has 2 aromatic heterocycles. The minimum atomic E-state index is -0.734. The van der Waals surface area contributed by atoms with E-state index in [0.717, 1.165) is 15.9 Å². The maximum atomic E-state index is 13.7. The Morgan fingerprint density at radius 2 is 1.68 bits per heavy atom. The van der Waals surface area contributed by atoms with Gasteiger partial charge in [-0.25, -0.2) is 9.36 Å². The quantitative estimate of drug-likeness (QED) is 0.347. The molecule has 2 heterocycles. The summed E-state index contributed by atoms with van der Waals surface area (Å²) in [6, 6.07) is 13.2. The summed E-state index contributed by atoms with van der Waals surface area (Å²) in [5.74, 6) is -0.700. The van der Waals surface area contributed by atoms with Gasteiger partial charge in [-0.1, -0.05) is 41.4 Å². The number of aromatic nitrogens is 2. The zero-order valence-corrected chi connectivity index (χ0v) is 22.7. The van der Waals surface area contributed by atoms with Crippen molar-refractivity contribution in [1.82, 2.24) is 14.0 Å². The van der Waals surface area contributed by atoms with Gasteiger partial charge < -0.3 is 10.2 Å². The average molecular weight is 559 g/mol. The number of carbonyl (C=O) groups is 2. The summed E-state index contributed by atoms with van der Waals surface area (Å²) in [4.78, 5) is 55.8. The van der Waals surface area contributed by atoms with Crippen LogP contribution in [0.15, 0.2) is 58.1 Å². The van der Waals surface area contributed by atoms with E-state index in [0.29, 0.717) is 29.2 Å².